The first-order chi connectivity index (χ1) is 27.8. The van der Waals surface area contributed by atoms with Crippen LogP contribution >= 0.6 is 0 Å². The van der Waals surface area contributed by atoms with Gasteiger partial charge in [-0.3, -0.25) is 4.57 Å². The molecule has 4 heteroatoms. The van der Waals surface area contributed by atoms with E-state index in [1.54, 1.807) is 0 Å². The summed E-state index contributed by atoms with van der Waals surface area (Å²) in [5, 5.41) is 17.5. The van der Waals surface area contributed by atoms with Crippen LogP contribution in [0.4, 0.5) is 0 Å². The average molecular weight is 712 g/mol. The first-order valence-electron chi connectivity index (χ1n) is 19.1. The van der Waals surface area contributed by atoms with Gasteiger partial charge in [-0.2, -0.15) is 0 Å². The number of hydrogen-bond acceptors (Lipinski definition) is 3. The van der Waals surface area contributed by atoms with Crippen molar-refractivity contribution in [2.24, 2.45) is 0 Å². The molecule has 10 aromatic carbocycles. The zero-order valence-electron chi connectivity index (χ0n) is 30.0. The monoisotopic (exact) mass is 711 g/mol. The Morgan fingerprint density at radius 1 is 0.375 bits per heavy atom. The molecule has 0 bridgehead atoms. The Morgan fingerprint density at radius 2 is 0.964 bits per heavy atom. The van der Waals surface area contributed by atoms with Gasteiger partial charge in [-0.15, -0.1) is 0 Å². The standard InChI is InChI=1S/C52H29N3O/c1-2-15-31(16-3-1)49-40-27-26-30-14-4-5-17-32(30)50(40)54-52(53-49)55-43-25-13-12-20-35(43)41-28-42-45(29-44(41)55)56-51-47(42)39-24-11-10-23-38(39)46-36-21-8-6-18-33(36)34-19-7-9-22-37(34)48(46)51/h1-29H. The lowest BCUT2D eigenvalue weighted by Crippen LogP contribution is -2.03. The molecule has 0 amide bonds. The summed E-state index contributed by atoms with van der Waals surface area (Å²) in [5.41, 5.74) is 6.69. The van der Waals surface area contributed by atoms with Crippen LogP contribution in [0.2, 0.25) is 0 Å². The molecule has 0 N–H and O–H groups in total. The third-order valence-corrected chi connectivity index (χ3v) is 11.9. The van der Waals surface area contributed by atoms with Crippen molar-refractivity contribution < 1.29 is 4.42 Å². The number of fused-ring (bicyclic) bond motifs is 19. The lowest BCUT2D eigenvalue weighted by molar-refractivity contribution is 0.673. The van der Waals surface area contributed by atoms with Crippen molar-refractivity contribution in [1.29, 1.82) is 0 Å². The van der Waals surface area contributed by atoms with Crippen LogP contribution in [0, 0.1) is 0 Å². The van der Waals surface area contributed by atoms with Crippen molar-refractivity contribution >= 4 is 109 Å². The van der Waals surface area contributed by atoms with Crippen molar-refractivity contribution in [2.75, 3.05) is 0 Å². The summed E-state index contributed by atoms with van der Waals surface area (Å²) in [6.07, 6.45) is 0. The summed E-state index contributed by atoms with van der Waals surface area (Å²) in [4.78, 5) is 10.8. The normalized spacial score (nSPS) is 12.3. The quantitative estimate of drug-likeness (QED) is 0.168. The summed E-state index contributed by atoms with van der Waals surface area (Å²) in [5.74, 6) is 0.628. The lowest BCUT2D eigenvalue weighted by atomic mass is 9.89. The summed E-state index contributed by atoms with van der Waals surface area (Å²) in [7, 11) is 0. The van der Waals surface area contributed by atoms with Gasteiger partial charge in [0.2, 0.25) is 5.95 Å². The zero-order chi connectivity index (χ0) is 36.5. The van der Waals surface area contributed by atoms with Crippen LogP contribution < -0.4 is 0 Å². The van der Waals surface area contributed by atoms with E-state index in [1.165, 1.54) is 37.7 Å². The molecule has 258 valence electrons. The van der Waals surface area contributed by atoms with Crippen LogP contribution in [0.15, 0.2) is 180 Å². The molecule has 0 spiro atoms. The van der Waals surface area contributed by atoms with Crippen LogP contribution in [0.25, 0.3) is 126 Å². The van der Waals surface area contributed by atoms with Gasteiger partial charge in [0.25, 0.3) is 0 Å². The summed E-state index contributed by atoms with van der Waals surface area (Å²) >= 11 is 0. The maximum Gasteiger partial charge on any atom is 0.235 e. The maximum absolute atomic E-state index is 7.19. The number of furan rings is 1. The minimum Gasteiger partial charge on any atom is -0.455 e. The molecule has 0 aliphatic rings. The van der Waals surface area contributed by atoms with E-state index in [0.29, 0.717) is 5.95 Å². The Labute approximate surface area is 319 Å². The molecule has 0 atom stereocenters. The number of rotatable bonds is 2. The summed E-state index contributed by atoms with van der Waals surface area (Å²) in [6, 6.07) is 62.8. The summed E-state index contributed by atoms with van der Waals surface area (Å²) < 4.78 is 9.42. The minimum absolute atomic E-state index is 0.628. The molecule has 0 fully saturated rings. The van der Waals surface area contributed by atoms with Gasteiger partial charge in [0.05, 0.1) is 22.2 Å². The van der Waals surface area contributed by atoms with E-state index in [-0.39, 0.29) is 0 Å². The van der Waals surface area contributed by atoms with Crippen LogP contribution in [0.1, 0.15) is 0 Å². The van der Waals surface area contributed by atoms with Crippen LogP contribution in [0.5, 0.6) is 0 Å². The van der Waals surface area contributed by atoms with E-state index in [4.69, 9.17) is 14.4 Å². The molecule has 4 nitrogen and oxygen atoms in total. The van der Waals surface area contributed by atoms with Crippen molar-refractivity contribution in [3.63, 3.8) is 0 Å². The molecule has 13 rings (SSSR count). The first kappa shape index (κ1) is 29.8. The average Bonchev–Trinajstić information content (AvgIpc) is 3.80. The predicted octanol–water partition coefficient (Wildman–Crippen LogP) is 14.1. The van der Waals surface area contributed by atoms with Crippen molar-refractivity contribution in [3.8, 4) is 17.2 Å². The molecule has 3 heterocycles. The second-order valence-electron chi connectivity index (χ2n) is 14.8. The highest BCUT2D eigenvalue weighted by Gasteiger charge is 2.24. The number of nitrogens with zero attached hydrogens (tertiary/aromatic N) is 3. The van der Waals surface area contributed by atoms with Crippen LogP contribution in [-0.2, 0) is 0 Å². The highest BCUT2D eigenvalue weighted by molar-refractivity contribution is 6.41. The van der Waals surface area contributed by atoms with Crippen molar-refractivity contribution in [3.05, 3.63) is 176 Å². The molecule has 0 radical (unpaired) electrons. The zero-order valence-corrected chi connectivity index (χ0v) is 30.0. The molecule has 0 aliphatic carbocycles. The molecule has 0 saturated carbocycles. The van der Waals surface area contributed by atoms with Crippen molar-refractivity contribution in [1.82, 2.24) is 14.5 Å². The number of hydrogen-bond donors (Lipinski definition) is 0. The molecule has 13 aromatic rings. The van der Waals surface area contributed by atoms with Gasteiger partial charge in [0.15, 0.2) is 0 Å². The molecule has 56 heavy (non-hydrogen) atoms. The molecular formula is C52H29N3O. The smallest absolute Gasteiger partial charge is 0.235 e. The molecular weight excluding hydrogens is 683 g/mol. The van der Waals surface area contributed by atoms with E-state index in [0.717, 1.165) is 82.1 Å². The third-order valence-electron chi connectivity index (χ3n) is 11.9. The Morgan fingerprint density at radius 3 is 1.71 bits per heavy atom. The van der Waals surface area contributed by atoms with E-state index in [1.807, 2.05) is 6.07 Å². The topological polar surface area (TPSA) is 43.9 Å². The van der Waals surface area contributed by atoms with E-state index in [9.17, 15) is 0 Å². The fraction of sp³-hybridized carbons (Fsp3) is 0. The van der Waals surface area contributed by atoms with Crippen molar-refractivity contribution in [2.45, 2.75) is 0 Å². The molecule has 0 aliphatic heterocycles. The highest BCUT2D eigenvalue weighted by atomic mass is 16.3. The largest absolute Gasteiger partial charge is 0.455 e. The Hall–Kier alpha value is -7.56. The molecule has 0 saturated heterocycles. The second-order valence-corrected chi connectivity index (χ2v) is 14.8. The summed E-state index contributed by atoms with van der Waals surface area (Å²) in [6.45, 7) is 0. The molecule has 3 aromatic heterocycles. The number of benzene rings is 10. The minimum atomic E-state index is 0.628. The fourth-order valence-corrected chi connectivity index (χ4v) is 9.56. The van der Waals surface area contributed by atoms with Gasteiger partial charge in [0.1, 0.15) is 11.2 Å². The third kappa shape index (κ3) is 3.92. The Balaban J connectivity index is 1.20. The fourth-order valence-electron chi connectivity index (χ4n) is 9.56. The highest BCUT2D eigenvalue weighted by Crippen LogP contribution is 2.48. The van der Waals surface area contributed by atoms with Crippen LogP contribution in [-0.4, -0.2) is 14.5 Å². The molecule has 0 unspecified atom stereocenters. The lowest BCUT2D eigenvalue weighted by Gasteiger charge is -2.13. The van der Waals surface area contributed by atoms with E-state index in [2.05, 4.69) is 174 Å². The van der Waals surface area contributed by atoms with Gasteiger partial charge in [-0.05, 0) is 55.9 Å². The Kier molecular flexibility index (Phi) is 5.86. The van der Waals surface area contributed by atoms with E-state index >= 15 is 0 Å². The number of para-hydroxylation sites is 1. The van der Waals surface area contributed by atoms with Gasteiger partial charge < -0.3 is 4.42 Å². The first-order valence-corrected chi connectivity index (χ1v) is 19.1. The van der Waals surface area contributed by atoms with Gasteiger partial charge in [0, 0.05) is 54.7 Å². The van der Waals surface area contributed by atoms with E-state index < -0.39 is 0 Å². The number of aromatic nitrogens is 3. The van der Waals surface area contributed by atoms with Crippen LogP contribution in [0.3, 0.4) is 0 Å². The SMILES string of the molecule is c1ccc(-c2nc(-n3c4ccccc4c4cc5c(cc43)oc3c5c4ccccc4c4c5ccccc5c5ccccc5c34)nc3c2ccc2ccccc23)cc1. The maximum atomic E-state index is 7.19. The van der Waals surface area contributed by atoms with Gasteiger partial charge >= 0.3 is 0 Å². The Bertz CT molecular complexity index is 3820. The van der Waals surface area contributed by atoms with Gasteiger partial charge in [-0.1, -0.05) is 152 Å². The second kappa shape index (κ2) is 11.0. The van der Waals surface area contributed by atoms with Gasteiger partial charge in [-0.25, -0.2) is 9.97 Å². The predicted molar refractivity (Wildman–Crippen MR) is 234 cm³/mol.